The molecule has 1 aliphatic rings. The summed E-state index contributed by atoms with van der Waals surface area (Å²) in [6.07, 6.45) is 1.81. The second kappa shape index (κ2) is 8.92. The van der Waals surface area contributed by atoms with Crippen LogP contribution in [0.4, 0.5) is 5.69 Å². The van der Waals surface area contributed by atoms with Crippen LogP contribution in [0.5, 0.6) is 0 Å². The highest BCUT2D eigenvalue weighted by atomic mass is 35.5. The molecule has 2 aromatic carbocycles. The molecule has 3 heterocycles. The molecule has 0 radical (unpaired) electrons. The Hall–Kier alpha value is -3.11. The molecule has 0 bridgehead atoms. The maximum absolute atomic E-state index is 11.0. The second-order valence-electron chi connectivity index (χ2n) is 7.15. The van der Waals surface area contributed by atoms with Crippen LogP contribution in [0.2, 0.25) is 15.1 Å². The number of non-ortho nitro benzene ring substituents is 1. The van der Waals surface area contributed by atoms with E-state index in [1.165, 1.54) is 23.9 Å². The molecule has 170 valence electrons. The average molecular weight is 533 g/mol. The third-order valence-corrected chi connectivity index (χ3v) is 6.75. The van der Waals surface area contributed by atoms with Gasteiger partial charge in [-0.1, -0.05) is 34.8 Å². The number of rotatable bonds is 4. The summed E-state index contributed by atoms with van der Waals surface area (Å²) >= 11 is 20.2. The van der Waals surface area contributed by atoms with Crippen molar-refractivity contribution < 1.29 is 9.34 Å². The summed E-state index contributed by atoms with van der Waals surface area (Å²) < 4.78 is 7.63. The van der Waals surface area contributed by atoms with E-state index in [4.69, 9.17) is 44.3 Å². The summed E-state index contributed by atoms with van der Waals surface area (Å²) in [7, 11) is 0. The molecule has 5 rings (SSSR count). The number of furan rings is 1. The van der Waals surface area contributed by atoms with Crippen LogP contribution >= 0.6 is 46.6 Å². The van der Waals surface area contributed by atoms with E-state index in [9.17, 15) is 10.1 Å². The molecule has 0 saturated carbocycles. The first-order chi connectivity index (χ1) is 16.3. The van der Waals surface area contributed by atoms with Gasteiger partial charge in [-0.25, -0.2) is 0 Å². The van der Waals surface area contributed by atoms with Crippen LogP contribution in [-0.2, 0) is 0 Å². The van der Waals surface area contributed by atoms with E-state index in [2.05, 4.69) is 10.2 Å². The summed E-state index contributed by atoms with van der Waals surface area (Å²) in [4.78, 5) is 11.2. The molecule has 0 atom stereocenters. The van der Waals surface area contributed by atoms with E-state index < -0.39 is 4.92 Å². The van der Waals surface area contributed by atoms with Gasteiger partial charge in [-0.3, -0.25) is 10.1 Å². The van der Waals surface area contributed by atoms with Crippen LogP contribution in [0.15, 0.2) is 68.1 Å². The van der Waals surface area contributed by atoms with Crippen LogP contribution in [0.25, 0.3) is 17.4 Å². The van der Waals surface area contributed by atoms with Crippen molar-refractivity contribution in [2.75, 3.05) is 0 Å². The summed E-state index contributed by atoms with van der Waals surface area (Å²) in [6.45, 7) is 1.81. The lowest BCUT2D eigenvalue weighted by Crippen LogP contribution is -2.13. The molecule has 0 unspecified atom stereocenters. The third-order valence-electron chi connectivity index (χ3n) is 4.92. The molecule has 0 fully saturated rings. The van der Waals surface area contributed by atoms with Crippen molar-refractivity contribution in [1.29, 1.82) is 0 Å². The number of hydrogen-bond acceptors (Lipinski definition) is 7. The molecule has 0 N–H and O–H groups in total. The van der Waals surface area contributed by atoms with E-state index in [1.54, 1.807) is 41.1 Å². The van der Waals surface area contributed by atoms with Crippen molar-refractivity contribution in [2.45, 2.75) is 12.1 Å². The zero-order valence-electron chi connectivity index (χ0n) is 17.2. The lowest BCUT2D eigenvalue weighted by Gasteiger charge is -2.17. The number of thioether (sulfide) groups is 1. The predicted octanol–water partition coefficient (Wildman–Crippen LogP) is 7.11. The SMILES string of the molecule is Cc1nnc2n1N=C(c1ccc(Cl)cc1Cl)/C(=C/c1ccc(-c3ccc([N+](=O)[O-])cc3Cl)o1)S2. The molecule has 8 nitrogen and oxygen atoms in total. The van der Waals surface area contributed by atoms with E-state index in [1.807, 2.05) is 13.0 Å². The number of halogens is 3. The number of fused-ring (bicyclic) bond motifs is 1. The van der Waals surface area contributed by atoms with E-state index in [-0.39, 0.29) is 10.7 Å². The third kappa shape index (κ3) is 4.23. The van der Waals surface area contributed by atoms with Gasteiger partial charge in [0.1, 0.15) is 17.2 Å². The fourth-order valence-corrected chi connectivity index (χ4v) is 5.03. The highest BCUT2D eigenvalue weighted by Crippen LogP contribution is 2.38. The number of nitro groups is 1. The normalized spacial score (nSPS) is 14.2. The summed E-state index contributed by atoms with van der Waals surface area (Å²) in [5.41, 5.74) is 1.74. The first-order valence-corrected chi connectivity index (χ1v) is 11.7. The van der Waals surface area contributed by atoms with Gasteiger partial charge in [-0.2, -0.15) is 9.78 Å². The Kier molecular flexibility index (Phi) is 5.95. The lowest BCUT2D eigenvalue weighted by molar-refractivity contribution is -0.384. The zero-order chi connectivity index (χ0) is 24.0. The van der Waals surface area contributed by atoms with Crippen molar-refractivity contribution >= 4 is 64.0 Å². The molecule has 0 saturated heterocycles. The van der Waals surface area contributed by atoms with Gasteiger partial charge in [-0.15, -0.1) is 10.2 Å². The van der Waals surface area contributed by atoms with Gasteiger partial charge in [0.25, 0.3) is 5.69 Å². The highest BCUT2D eigenvalue weighted by Gasteiger charge is 2.25. The van der Waals surface area contributed by atoms with Crippen molar-refractivity contribution in [3.63, 3.8) is 0 Å². The lowest BCUT2D eigenvalue weighted by atomic mass is 10.1. The standard InChI is InChI=1S/C22H12Cl3N5O3S/c1-11-26-27-22-29(11)28-21(16-5-2-12(23)8-17(16)24)20(34-22)10-14-4-7-19(33-14)15-6-3-13(30(31)32)9-18(15)25/h2-10H,1H3/b20-10-. The van der Waals surface area contributed by atoms with Gasteiger partial charge in [0.15, 0.2) is 5.82 Å². The minimum Gasteiger partial charge on any atom is -0.457 e. The summed E-state index contributed by atoms with van der Waals surface area (Å²) in [6, 6.07) is 12.9. The van der Waals surface area contributed by atoms with Crippen LogP contribution in [0.1, 0.15) is 17.1 Å². The Balaban J connectivity index is 1.56. The predicted molar refractivity (Wildman–Crippen MR) is 133 cm³/mol. The van der Waals surface area contributed by atoms with E-state index >= 15 is 0 Å². The smallest absolute Gasteiger partial charge is 0.270 e. The van der Waals surface area contributed by atoms with Gasteiger partial charge in [0.05, 0.1) is 15.0 Å². The largest absolute Gasteiger partial charge is 0.457 e. The summed E-state index contributed by atoms with van der Waals surface area (Å²) in [5, 5.41) is 25.7. The minimum absolute atomic E-state index is 0.0960. The average Bonchev–Trinajstić information content (AvgIpc) is 3.40. The maximum atomic E-state index is 11.0. The van der Waals surface area contributed by atoms with Gasteiger partial charge in [-0.05, 0) is 61.2 Å². The topological polar surface area (TPSA) is 99.3 Å². The van der Waals surface area contributed by atoms with Crippen LogP contribution < -0.4 is 0 Å². The molecule has 1 aliphatic heterocycles. The number of aromatic nitrogens is 3. The number of nitrogens with zero attached hydrogens (tertiary/aromatic N) is 5. The quantitative estimate of drug-likeness (QED) is 0.205. The van der Waals surface area contributed by atoms with Gasteiger partial charge in [0.2, 0.25) is 5.16 Å². The first-order valence-electron chi connectivity index (χ1n) is 9.70. The van der Waals surface area contributed by atoms with Gasteiger partial charge in [0, 0.05) is 33.2 Å². The minimum atomic E-state index is -0.503. The van der Waals surface area contributed by atoms with Crippen LogP contribution in [0, 0.1) is 17.0 Å². The Bertz CT molecular complexity index is 1530. The molecule has 0 aliphatic carbocycles. The van der Waals surface area contributed by atoms with Crippen molar-refractivity contribution in [1.82, 2.24) is 14.9 Å². The van der Waals surface area contributed by atoms with Crippen molar-refractivity contribution in [3.8, 4) is 11.3 Å². The van der Waals surface area contributed by atoms with Crippen LogP contribution in [-0.4, -0.2) is 25.5 Å². The van der Waals surface area contributed by atoms with Gasteiger partial charge < -0.3 is 4.42 Å². The van der Waals surface area contributed by atoms with Crippen LogP contribution in [0.3, 0.4) is 0 Å². The fraction of sp³-hybridized carbons (Fsp3) is 0.0455. The molecule has 0 amide bonds. The number of nitro benzene ring substituents is 1. The molecular weight excluding hydrogens is 521 g/mol. The molecule has 0 spiro atoms. The Morgan fingerprint density at radius 3 is 2.53 bits per heavy atom. The molecule has 12 heteroatoms. The molecule has 34 heavy (non-hydrogen) atoms. The molecule has 4 aromatic rings. The highest BCUT2D eigenvalue weighted by molar-refractivity contribution is 8.04. The number of aryl methyl sites for hydroxylation is 1. The van der Waals surface area contributed by atoms with Crippen molar-refractivity contribution in [3.05, 3.63) is 95.8 Å². The number of benzene rings is 2. The zero-order valence-corrected chi connectivity index (χ0v) is 20.3. The Labute approximate surface area is 212 Å². The van der Waals surface area contributed by atoms with Gasteiger partial charge >= 0.3 is 0 Å². The maximum Gasteiger partial charge on any atom is 0.270 e. The van der Waals surface area contributed by atoms with E-state index in [0.29, 0.717) is 49.4 Å². The fourth-order valence-electron chi connectivity index (χ4n) is 3.30. The molecular formula is C22H12Cl3N5O3S. The van der Waals surface area contributed by atoms with Crippen molar-refractivity contribution in [2.24, 2.45) is 5.10 Å². The monoisotopic (exact) mass is 531 g/mol. The Morgan fingerprint density at radius 1 is 1.03 bits per heavy atom. The second-order valence-corrected chi connectivity index (χ2v) is 9.41. The number of hydrogen-bond donors (Lipinski definition) is 0. The van der Waals surface area contributed by atoms with E-state index in [0.717, 1.165) is 4.91 Å². The Morgan fingerprint density at radius 2 is 1.79 bits per heavy atom. The summed E-state index contributed by atoms with van der Waals surface area (Å²) in [5.74, 6) is 1.63. The number of allylic oxidation sites excluding steroid dienone is 1. The molecule has 2 aromatic heterocycles. The first kappa shape index (κ1) is 22.7.